The highest BCUT2D eigenvalue weighted by molar-refractivity contribution is 5.71. The fraction of sp³-hybridized carbons (Fsp3) is 0.877. The van der Waals surface area contributed by atoms with Gasteiger partial charge in [-0.05, 0) is 70.6 Å². The van der Waals surface area contributed by atoms with Crippen molar-refractivity contribution in [3.63, 3.8) is 0 Å². The van der Waals surface area contributed by atoms with Crippen LogP contribution in [0.1, 0.15) is 393 Å². The second-order valence-electron chi connectivity index (χ2n) is 24.1. The van der Waals surface area contributed by atoms with Crippen LogP contribution in [0.15, 0.2) is 36.5 Å². The van der Waals surface area contributed by atoms with E-state index in [2.05, 4.69) is 57.2 Å². The van der Waals surface area contributed by atoms with Gasteiger partial charge >= 0.3 is 17.9 Å². The van der Waals surface area contributed by atoms with Gasteiger partial charge in [-0.3, -0.25) is 14.4 Å². The molecule has 0 aromatic heterocycles. The highest BCUT2D eigenvalue weighted by Crippen LogP contribution is 2.19. The largest absolute Gasteiger partial charge is 0.462 e. The maximum Gasteiger partial charge on any atom is 0.306 e. The van der Waals surface area contributed by atoms with Crippen molar-refractivity contribution in [3.05, 3.63) is 36.5 Å². The molecule has 0 saturated carbocycles. The molecule has 0 aliphatic rings. The highest BCUT2D eigenvalue weighted by Gasteiger charge is 2.19. The molecule has 0 aromatic carbocycles. The minimum atomic E-state index is -0.773. The first kappa shape index (κ1) is 76.6. The van der Waals surface area contributed by atoms with Crippen LogP contribution in [0.25, 0.3) is 0 Å². The SMILES string of the molecule is CCCC/C=C\CCCCCCCC(=O)OCC(COC(=O)CCCCCCCCCCCCCCCCC/C=C\C/C=C\CCCCCCC)OC(=O)CCCCCCCCCCCCCCCCCCCCCCCCC. The second-order valence-corrected chi connectivity index (χ2v) is 24.1. The third-order valence-electron chi connectivity index (χ3n) is 16.1. The van der Waals surface area contributed by atoms with E-state index in [-0.39, 0.29) is 31.1 Å². The Bertz CT molecular complexity index is 1320. The number of ether oxygens (including phenoxy) is 3. The Labute approximate surface area is 493 Å². The minimum absolute atomic E-state index is 0.0697. The van der Waals surface area contributed by atoms with Gasteiger partial charge in [-0.1, -0.05) is 340 Å². The highest BCUT2D eigenvalue weighted by atomic mass is 16.6. The summed E-state index contributed by atoms with van der Waals surface area (Å²) in [4.78, 5) is 38.4. The number of allylic oxidation sites excluding steroid dienone is 6. The summed E-state index contributed by atoms with van der Waals surface area (Å²) in [7, 11) is 0. The number of hydrogen-bond donors (Lipinski definition) is 0. The van der Waals surface area contributed by atoms with Gasteiger partial charge in [0.15, 0.2) is 6.10 Å². The van der Waals surface area contributed by atoms with Crippen LogP contribution in [0.3, 0.4) is 0 Å². The molecule has 0 rings (SSSR count). The summed E-state index contributed by atoms with van der Waals surface area (Å²) in [6.07, 6.45) is 84.7. The Balaban J connectivity index is 4.16. The lowest BCUT2D eigenvalue weighted by Gasteiger charge is -2.18. The molecule has 0 saturated heterocycles. The monoisotopic (exact) mass is 1110 g/mol. The molecule has 6 heteroatoms. The van der Waals surface area contributed by atoms with Crippen LogP contribution >= 0.6 is 0 Å². The summed E-state index contributed by atoms with van der Waals surface area (Å²) in [5, 5.41) is 0. The van der Waals surface area contributed by atoms with Crippen molar-refractivity contribution in [2.24, 2.45) is 0 Å². The quantitative estimate of drug-likeness (QED) is 0.0261. The number of rotatable bonds is 66. The number of esters is 3. The maximum atomic E-state index is 12.9. The normalized spacial score (nSPS) is 12.2. The number of carbonyl (C=O) groups is 3. The molecule has 0 aliphatic carbocycles. The average Bonchev–Trinajstić information content (AvgIpc) is 3.45. The van der Waals surface area contributed by atoms with Crippen LogP contribution in [0, 0.1) is 0 Å². The molecule has 0 amide bonds. The molecular formula is C73H136O6. The van der Waals surface area contributed by atoms with Crippen molar-refractivity contribution in [1.29, 1.82) is 0 Å². The third-order valence-corrected chi connectivity index (χ3v) is 16.1. The lowest BCUT2D eigenvalue weighted by molar-refractivity contribution is -0.167. The Hall–Kier alpha value is -2.37. The molecule has 6 nitrogen and oxygen atoms in total. The van der Waals surface area contributed by atoms with Gasteiger partial charge in [-0.25, -0.2) is 0 Å². The summed E-state index contributed by atoms with van der Waals surface area (Å²) in [6, 6.07) is 0. The van der Waals surface area contributed by atoms with Crippen LogP contribution in [0.4, 0.5) is 0 Å². The average molecular weight is 1110 g/mol. The fourth-order valence-electron chi connectivity index (χ4n) is 10.8. The smallest absolute Gasteiger partial charge is 0.306 e. The van der Waals surface area contributed by atoms with E-state index >= 15 is 0 Å². The first-order valence-electron chi connectivity index (χ1n) is 35.5. The molecular weight excluding hydrogens is 973 g/mol. The molecule has 0 aliphatic heterocycles. The summed E-state index contributed by atoms with van der Waals surface area (Å²) in [5.74, 6) is -0.852. The molecule has 464 valence electrons. The van der Waals surface area contributed by atoms with Crippen molar-refractivity contribution in [1.82, 2.24) is 0 Å². The zero-order chi connectivity index (χ0) is 57.1. The first-order chi connectivity index (χ1) is 39.0. The minimum Gasteiger partial charge on any atom is -0.462 e. The summed E-state index contributed by atoms with van der Waals surface area (Å²) in [6.45, 7) is 6.66. The van der Waals surface area contributed by atoms with Crippen molar-refractivity contribution in [2.75, 3.05) is 13.2 Å². The second kappa shape index (κ2) is 68.1. The topological polar surface area (TPSA) is 78.9 Å². The molecule has 1 unspecified atom stereocenters. The third kappa shape index (κ3) is 66.3. The zero-order valence-electron chi connectivity index (χ0n) is 53.4. The lowest BCUT2D eigenvalue weighted by Crippen LogP contribution is -2.30. The molecule has 0 fully saturated rings. The Morgan fingerprint density at radius 3 is 0.747 bits per heavy atom. The predicted octanol–water partition coefficient (Wildman–Crippen LogP) is 24.3. The predicted molar refractivity (Wildman–Crippen MR) is 344 cm³/mol. The summed E-state index contributed by atoms with van der Waals surface area (Å²) < 4.78 is 17.0. The van der Waals surface area contributed by atoms with Crippen LogP contribution < -0.4 is 0 Å². The molecule has 0 radical (unpaired) electrons. The number of carbonyl (C=O) groups excluding carboxylic acids is 3. The van der Waals surface area contributed by atoms with E-state index in [1.165, 1.54) is 283 Å². The molecule has 0 aromatic rings. The zero-order valence-corrected chi connectivity index (χ0v) is 53.4. The molecule has 0 N–H and O–H groups in total. The van der Waals surface area contributed by atoms with Crippen LogP contribution in [0.5, 0.6) is 0 Å². The van der Waals surface area contributed by atoms with E-state index in [1.807, 2.05) is 0 Å². The van der Waals surface area contributed by atoms with Crippen molar-refractivity contribution in [3.8, 4) is 0 Å². The van der Waals surface area contributed by atoms with Gasteiger partial charge in [0.25, 0.3) is 0 Å². The Morgan fingerprint density at radius 2 is 0.468 bits per heavy atom. The van der Waals surface area contributed by atoms with E-state index in [0.29, 0.717) is 19.3 Å². The van der Waals surface area contributed by atoms with Crippen LogP contribution in [-0.2, 0) is 28.6 Å². The van der Waals surface area contributed by atoms with Gasteiger partial charge < -0.3 is 14.2 Å². The van der Waals surface area contributed by atoms with Crippen LogP contribution in [0.2, 0.25) is 0 Å². The number of unbranched alkanes of at least 4 members (excludes halogenated alkanes) is 49. The standard InChI is InChI=1S/C73H136O6/c1-4-7-10-13-16-19-22-24-26-28-30-32-34-35-36-37-39-40-42-44-46-48-51-54-57-60-63-66-72(75)78-69-70(68-77-71(74)65-62-59-56-53-50-21-18-15-12-9-6-3)79-73(76)67-64-61-58-55-52-49-47-45-43-41-38-33-31-29-27-25-23-20-17-14-11-8-5-2/h15,18,22,24,28,30,70H,4-14,16-17,19-21,23,25-27,29,31-69H2,1-3H3/b18-15-,24-22-,30-28-. The van der Waals surface area contributed by atoms with E-state index < -0.39 is 6.10 Å². The van der Waals surface area contributed by atoms with Gasteiger partial charge in [0.2, 0.25) is 0 Å². The number of hydrogen-bond acceptors (Lipinski definition) is 6. The Kier molecular flexibility index (Phi) is 66.1. The van der Waals surface area contributed by atoms with E-state index in [4.69, 9.17) is 14.2 Å². The molecule has 1 atom stereocenters. The summed E-state index contributed by atoms with van der Waals surface area (Å²) in [5.41, 5.74) is 0. The van der Waals surface area contributed by atoms with Crippen molar-refractivity contribution in [2.45, 2.75) is 399 Å². The van der Waals surface area contributed by atoms with Gasteiger partial charge in [0.05, 0.1) is 0 Å². The fourth-order valence-corrected chi connectivity index (χ4v) is 10.8. The van der Waals surface area contributed by atoms with Gasteiger partial charge in [-0.2, -0.15) is 0 Å². The first-order valence-corrected chi connectivity index (χ1v) is 35.5. The van der Waals surface area contributed by atoms with Gasteiger partial charge in [0.1, 0.15) is 13.2 Å². The lowest BCUT2D eigenvalue weighted by atomic mass is 10.0. The Morgan fingerprint density at radius 1 is 0.253 bits per heavy atom. The van der Waals surface area contributed by atoms with Crippen molar-refractivity contribution >= 4 is 17.9 Å². The van der Waals surface area contributed by atoms with E-state index in [0.717, 1.165) is 70.6 Å². The molecule has 0 spiro atoms. The molecule has 79 heavy (non-hydrogen) atoms. The molecule has 0 bridgehead atoms. The molecule has 0 heterocycles. The van der Waals surface area contributed by atoms with E-state index in [1.54, 1.807) is 0 Å². The van der Waals surface area contributed by atoms with Gasteiger partial charge in [0, 0.05) is 19.3 Å². The van der Waals surface area contributed by atoms with Crippen LogP contribution in [-0.4, -0.2) is 37.2 Å². The van der Waals surface area contributed by atoms with Crippen molar-refractivity contribution < 1.29 is 28.6 Å². The maximum absolute atomic E-state index is 12.9. The van der Waals surface area contributed by atoms with Gasteiger partial charge in [-0.15, -0.1) is 0 Å². The van der Waals surface area contributed by atoms with E-state index in [9.17, 15) is 14.4 Å². The summed E-state index contributed by atoms with van der Waals surface area (Å²) >= 11 is 0.